The summed E-state index contributed by atoms with van der Waals surface area (Å²) in [6.07, 6.45) is 8.09. The van der Waals surface area contributed by atoms with Crippen molar-refractivity contribution in [2.75, 3.05) is 5.75 Å². The van der Waals surface area contributed by atoms with Gasteiger partial charge in [-0.2, -0.15) is 0 Å². The lowest BCUT2D eigenvalue weighted by atomic mass is 9.95. The highest BCUT2D eigenvalue weighted by molar-refractivity contribution is 7.99. The molecule has 2 heterocycles. The highest BCUT2D eigenvalue weighted by Gasteiger charge is 2.22. The highest BCUT2D eigenvalue weighted by Crippen LogP contribution is 2.32. The molecule has 0 saturated heterocycles. The molecule has 0 radical (unpaired) electrons. The first kappa shape index (κ1) is 20.0. The highest BCUT2D eigenvalue weighted by atomic mass is 32.2. The number of carbonyl (C=O) groups excluding carboxylic acids is 1. The van der Waals surface area contributed by atoms with Crippen LogP contribution in [0.3, 0.4) is 0 Å². The van der Waals surface area contributed by atoms with Crippen LogP contribution < -0.4 is 5.32 Å². The van der Waals surface area contributed by atoms with Crippen molar-refractivity contribution in [3.63, 3.8) is 0 Å². The predicted molar refractivity (Wildman–Crippen MR) is 119 cm³/mol. The van der Waals surface area contributed by atoms with Crippen LogP contribution in [0.15, 0.2) is 42.6 Å². The van der Waals surface area contributed by atoms with Gasteiger partial charge in [-0.1, -0.05) is 49.1 Å². The summed E-state index contributed by atoms with van der Waals surface area (Å²) in [5.74, 6) is 2.27. The van der Waals surface area contributed by atoms with Crippen LogP contribution in [-0.4, -0.2) is 26.2 Å². The number of hydrogen-bond donors (Lipinski definition) is 1. The number of aromatic nitrogens is 3. The van der Waals surface area contributed by atoms with Crippen molar-refractivity contribution in [1.29, 1.82) is 0 Å². The van der Waals surface area contributed by atoms with Crippen LogP contribution in [0.4, 0.5) is 0 Å². The number of amides is 1. The molecule has 152 valence electrons. The zero-order valence-electron chi connectivity index (χ0n) is 16.9. The lowest BCUT2D eigenvalue weighted by Crippen LogP contribution is -2.24. The van der Waals surface area contributed by atoms with Crippen LogP contribution in [0, 0.1) is 6.92 Å². The van der Waals surface area contributed by atoms with Gasteiger partial charge in [0.1, 0.15) is 11.3 Å². The number of thioether (sulfide) groups is 1. The third kappa shape index (κ3) is 4.99. The number of pyridine rings is 1. The van der Waals surface area contributed by atoms with Gasteiger partial charge in [0.05, 0.1) is 11.5 Å². The number of benzene rings is 1. The quantitative estimate of drug-likeness (QED) is 0.610. The molecule has 0 aliphatic heterocycles. The predicted octanol–water partition coefficient (Wildman–Crippen LogP) is 4.79. The number of hydrogen-bond acceptors (Lipinski definition) is 4. The van der Waals surface area contributed by atoms with Crippen LogP contribution in [0.25, 0.3) is 11.2 Å². The van der Waals surface area contributed by atoms with Crippen molar-refractivity contribution < 1.29 is 4.79 Å². The Morgan fingerprint density at radius 3 is 2.76 bits per heavy atom. The standard InChI is InChI=1S/C23H28N4OS/c1-17-9-11-18(12-10-17)14-25-22(28)16-29-15-21-26-20-8-5-13-24-23(20)27(21)19-6-3-2-4-7-19/h5,8-13,19H,2-4,6-7,14-16H2,1H3,(H,25,28). The first-order valence-electron chi connectivity index (χ1n) is 10.4. The van der Waals surface area contributed by atoms with Gasteiger partial charge in [0.2, 0.25) is 5.91 Å². The summed E-state index contributed by atoms with van der Waals surface area (Å²) in [6, 6.07) is 12.7. The second-order valence-electron chi connectivity index (χ2n) is 7.79. The molecule has 0 spiro atoms. The number of aryl methyl sites for hydroxylation is 1. The molecular formula is C23H28N4OS. The zero-order valence-corrected chi connectivity index (χ0v) is 17.8. The second-order valence-corrected chi connectivity index (χ2v) is 8.78. The van der Waals surface area contributed by atoms with Crippen LogP contribution in [0.5, 0.6) is 0 Å². The maximum Gasteiger partial charge on any atom is 0.230 e. The first-order valence-corrected chi connectivity index (χ1v) is 11.6. The van der Waals surface area contributed by atoms with E-state index in [-0.39, 0.29) is 5.91 Å². The van der Waals surface area contributed by atoms with Crippen LogP contribution in [0.1, 0.15) is 55.1 Å². The minimum absolute atomic E-state index is 0.0639. The van der Waals surface area contributed by atoms with Crippen molar-refractivity contribution in [3.8, 4) is 0 Å². The molecule has 1 N–H and O–H groups in total. The number of rotatable bonds is 7. The Balaban J connectivity index is 1.36. The molecule has 5 nitrogen and oxygen atoms in total. The average Bonchev–Trinajstić information content (AvgIpc) is 3.12. The van der Waals surface area contributed by atoms with Gasteiger partial charge in [-0.05, 0) is 37.5 Å². The molecule has 29 heavy (non-hydrogen) atoms. The van der Waals surface area contributed by atoms with E-state index in [2.05, 4.69) is 46.1 Å². The summed E-state index contributed by atoms with van der Waals surface area (Å²) in [6.45, 7) is 2.64. The summed E-state index contributed by atoms with van der Waals surface area (Å²) in [7, 11) is 0. The monoisotopic (exact) mass is 408 g/mol. The molecule has 3 aromatic rings. The van der Waals surface area contributed by atoms with Gasteiger partial charge in [-0.3, -0.25) is 4.79 Å². The Labute approximate surface area is 176 Å². The second kappa shape index (κ2) is 9.44. The van der Waals surface area contributed by atoms with E-state index in [1.165, 1.54) is 37.7 Å². The molecule has 1 saturated carbocycles. The summed E-state index contributed by atoms with van der Waals surface area (Å²) in [4.78, 5) is 21.7. The fourth-order valence-electron chi connectivity index (χ4n) is 3.99. The number of imidazole rings is 1. The summed E-state index contributed by atoms with van der Waals surface area (Å²) in [5.41, 5.74) is 4.29. The Bertz CT molecular complexity index is 961. The summed E-state index contributed by atoms with van der Waals surface area (Å²) in [5, 5.41) is 3.01. The van der Waals surface area contributed by atoms with Gasteiger partial charge in [0, 0.05) is 18.8 Å². The molecule has 0 atom stereocenters. The summed E-state index contributed by atoms with van der Waals surface area (Å²) >= 11 is 1.62. The molecule has 1 aliphatic carbocycles. The van der Waals surface area contributed by atoms with Crippen LogP contribution in [-0.2, 0) is 17.1 Å². The van der Waals surface area contributed by atoms with Gasteiger partial charge < -0.3 is 9.88 Å². The molecule has 4 rings (SSSR count). The van der Waals surface area contributed by atoms with Crippen molar-refractivity contribution in [1.82, 2.24) is 19.9 Å². The number of carbonyl (C=O) groups is 1. The van der Waals surface area contributed by atoms with Crippen molar-refractivity contribution in [3.05, 3.63) is 59.5 Å². The van der Waals surface area contributed by atoms with Gasteiger partial charge in [0.25, 0.3) is 0 Å². The Morgan fingerprint density at radius 1 is 1.17 bits per heavy atom. The Morgan fingerprint density at radius 2 is 1.97 bits per heavy atom. The third-order valence-electron chi connectivity index (χ3n) is 5.54. The fraction of sp³-hybridized carbons (Fsp3) is 0.435. The molecule has 1 fully saturated rings. The third-order valence-corrected chi connectivity index (χ3v) is 6.46. The Kier molecular flexibility index (Phi) is 6.49. The van der Waals surface area contributed by atoms with E-state index in [0.29, 0.717) is 18.3 Å². The molecule has 2 aromatic heterocycles. The molecule has 1 aliphatic rings. The van der Waals surface area contributed by atoms with E-state index in [4.69, 9.17) is 4.98 Å². The molecule has 0 unspecified atom stereocenters. The minimum Gasteiger partial charge on any atom is -0.351 e. The van der Waals surface area contributed by atoms with E-state index in [1.807, 2.05) is 18.3 Å². The smallest absolute Gasteiger partial charge is 0.230 e. The SMILES string of the molecule is Cc1ccc(CNC(=O)CSCc2nc3cccnc3n2C2CCCCC2)cc1. The van der Waals surface area contributed by atoms with E-state index in [9.17, 15) is 4.79 Å². The first-order chi connectivity index (χ1) is 14.2. The maximum atomic E-state index is 12.3. The lowest BCUT2D eigenvalue weighted by molar-refractivity contribution is -0.118. The molecular weight excluding hydrogens is 380 g/mol. The number of fused-ring (bicyclic) bond motifs is 1. The fourth-order valence-corrected chi connectivity index (χ4v) is 4.77. The Hall–Kier alpha value is -2.34. The van der Waals surface area contributed by atoms with E-state index in [1.54, 1.807) is 11.8 Å². The molecule has 1 amide bonds. The van der Waals surface area contributed by atoms with Gasteiger partial charge in [0.15, 0.2) is 5.65 Å². The molecule has 1 aromatic carbocycles. The molecule has 0 bridgehead atoms. The largest absolute Gasteiger partial charge is 0.351 e. The van der Waals surface area contributed by atoms with Gasteiger partial charge >= 0.3 is 0 Å². The number of nitrogens with one attached hydrogen (secondary N) is 1. The van der Waals surface area contributed by atoms with Gasteiger partial charge in [-0.25, -0.2) is 9.97 Å². The van der Waals surface area contributed by atoms with Crippen LogP contribution in [0.2, 0.25) is 0 Å². The maximum absolute atomic E-state index is 12.3. The normalized spacial score (nSPS) is 14.9. The van der Waals surface area contributed by atoms with Gasteiger partial charge in [-0.15, -0.1) is 11.8 Å². The van der Waals surface area contributed by atoms with Crippen molar-refractivity contribution >= 4 is 28.8 Å². The zero-order chi connectivity index (χ0) is 20.1. The molecule has 6 heteroatoms. The average molecular weight is 409 g/mol. The lowest BCUT2D eigenvalue weighted by Gasteiger charge is -2.25. The van der Waals surface area contributed by atoms with Crippen molar-refractivity contribution in [2.45, 2.75) is 57.4 Å². The minimum atomic E-state index is 0.0639. The van der Waals surface area contributed by atoms with E-state index in [0.717, 1.165) is 28.3 Å². The van der Waals surface area contributed by atoms with E-state index < -0.39 is 0 Å². The summed E-state index contributed by atoms with van der Waals surface area (Å²) < 4.78 is 2.34. The van der Waals surface area contributed by atoms with Crippen molar-refractivity contribution in [2.24, 2.45) is 0 Å². The van der Waals surface area contributed by atoms with E-state index >= 15 is 0 Å². The number of nitrogens with zero attached hydrogens (tertiary/aromatic N) is 3. The topological polar surface area (TPSA) is 59.8 Å². The van der Waals surface area contributed by atoms with Crippen LogP contribution >= 0.6 is 11.8 Å².